The van der Waals surface area contributed by atoms with Gasteiger partial charge in [0.1, 0.15) is 5.82 Å². The number of hydrogen-bond acceptors (Lipinski definition) is 3. The lowest BCUT2D eigenvalue weighted by atomic mass is 10.1. The second-order valence-electron chi connectivity index (χ2n) is 3.19. The van der Waals surface area contributed by atoms with Crippen molar-refractivity contribution in [2.45, 2.75) is 19.8 Å². The molecule has 0 aliphatic carbocycles. The zero-order valence-corrected chi connectivity index (χ0v) is 8.90. The maximum absolute atomic E-state index is 5.80. The Hall–Kier alpha value is -1.29. The van der Waals surface area contributed by atoms with Gasteiger partial charge in [0, 0.05) is 5.56 Å². The predicted octanol–water partition coefficient (Wildman–Crippen LogP) is 2.67. The van der Waals surface area contributed by atoms with Crippen LogP contribution in [0, 0.1) is 0 Å². The number of hydrogen-bond donors (Lipinski definition) is 2. The van der Waals surface area contributed by atoms with Gasteiger partial charge in [0.25, 0.3) is 0 Å². The van der Waals surface area contributed by atoms with Crippen LogP contribution >= 0.6 is 11.3 Å². The highest BCUT2D eigenvalue weighted by molar-refractivity contribution is 7.13. The molecule has 0 radical (unpaired) electrons. The molecule has 0 unspecified atom stereocenters. The molecule has 2 aromatic heterocycles. The minimum Gasteiger partial charge on any atom is -0.382 e. The van der Waals surface area contributed by atoms with Crippen LogP contribution in [0.4, 0.5) is 5.82 Å². The Morgan fingerprint density at radius 1 is 1.57 bits per heavy atom. The normalized spacial score (nSPS) is 10.6. The Labute approximate surface area is 87.0 Å². The van der Waals surface area contributed by atoms with Crippen molar-refractivity contribution in [1.82, 2.24) is 10.2 Å². The van der Waals surface area contributed by atoms with Crippen LogP contribution in [0.25, 0.3) is 10.6 Å². The smallest absolute Gasteiger partial charge is 0.149 e. The van der Waals surface area contributed by atoms with E-state index in [0.29, 0.717) is 5.82 Å². The summed E-state index contributed by atoms with van der Waals surface area (Å²) < 4.78 is 0. The van der Waals surface area contributed by atoms with Gasteiger partial charge >= 0.3 is 0 Å². The summed E-state index contributed by atoms with van der Waals surface area (Å²) in [6, 6.07) is 4.11. The standard InChI is InChI=1S/C10H13N3S/c1-2-4-7-9(12-13-10(7)11)8-5-3-6-14-8/h3,5-6H,2,4H2,1H3,(H3,11,12,13). The zero-order chi connectivity index (χ0) is 9.97. The van der Waals surface area contributed by atoms with Crippen molar-refractivity contribution in [3.8, 4) is 10.6 Å². The van der Waals surface area contributed by atoms with Crippen LogP contribution in [0.2, 0.25) is 0 Å². The van der Waals surface area contributed by atoms with E-state index in [4.69, 9.17) is 5.73 Å². The van der Waals surface area contributed by atoms with Gasteiger partial charge in [0.2, 0.25) is 0 Å². The van der Waals surface area contributed by atoms with Gasteiger partial charge in [-0.05, 0) is 17.9 Å². The number of H-pyrrole nitrogens is 1. The summed E-state index contributed by atoms with van der Waals surface area (Å²) >= 11 is 1.70. The fraction of sp³-hybridized carbons (Fsp3) is 0.300. The molecule has 0 aliphatic heterocycles. The number of thiophene rings is 1. The molecule has 0 aromatic carbocycles. The van der Waals surface area contributed by atoms with Crippen LogP contribution in [-0.4, -0.2) is 10.2 Å². The summed E-state index contributed by atoms with van der Waals surface area (Å²) in [5.74, 6) is 0.634. The van der Waals surface area contributed by atoms with Crippen LogP contribution in [0.15, 0.2) is 17.5 Å². The minimum absolute atomic E-state index is 0.634. The van der Waals surface area contributed by atoms with Gasteiger partial charge in [0.05, 0.1) is 10.6 Å². The third-order valence-corrected chi connectivity index (χ3v) is 3.05. The first kappa shape index (κ1) is 9.27. The van der Waals surface area contributed by atoms with Crippen molar-refractivity contribution in [3.05, 3.63) is 23.1 Å². The molecule has 0 fully saturated rings. The number of nitrogen functional groups attached to an aromatic ring is 1. The van der Waals surface area contributed by atoms with E-state index in [-0.39, 0.29) is 0 Å². The van der Waals surface area contributed by atoms with Crippen molar-refractivity contribution in [1.29, 1.82) is 0 Å². The lowest BCUT2D eigenvalue weighted by Gasteiger charge is -1.99. The molecule has 2 aromatic rings. The van der Waals surface area contributed by atoms with E-state index < -0.39 is 0 Å². The Balaban J connectivity index is 2.43. The van der Waals surface area contributed by atoms with Gasteiger partial charge < -0.3 is 5.73 Å². The molecule has 3 nitrogen and oxygen atoms in total. The van der Waals surface area contributed by atoms with E-state index in [0.717, 1.165) is 24.1 Å². The number of nitrogens with one attached hydrogen (secondary N) is 1. The second kappa shape index (κ2) is 3.84. The minimum atomic E-state index is 0.634. The van der Waals surface area contributed by atoms with Crippen molar-refractivity contribution in [2.75, 3.05) is 5.73 Å². The summed E-state index contributed by atoms with van der Waals surface area (Å²) in [5.41, 5.74) is 8.03. The second-order valence-corrected chi connectivity index (χ2v) is 4.14. The molecule has 4 heteroatoms. The summed E-state index contributed by atoms with van der Waals surface area (Å²) in [5, 5.41) is 9.10. The van der Waals surface area contributed by atoms with E-state index in [1.807, 2.05) is 6.07 Å². The number of rotatable bonds is 3. The monoisotopic (exact) mass is 207 g/mol. The van der Waals surface area contributed by atoms with Crippen LogP contribution in [0.1, 0.15) is 18.9 Å². The number of aromatic nitrogens is 2. The molecule has 0 aliphatic rings. The van der Waals surface area contributed by atoms with Crippen LogP contribution in [0.3, 0.4) is 0 Å². The van der Waals surface area contributed by atoms with Gasteiger partial charge in [-0.25, -0.2) is 0 Å². The largest absolute Gasteiger partial charge is 0.382 e. The molecular formula is C10H13N3S. The van der Waals surface area contributed by atoms with E-state index in [2.05, 4.69) is 28.6 Å². The number of aromatic amines is 1. The molecular weight excluding hydrogens is 194 g/mol. The van der Waals surface area contributed by atoms with Crippen molar-refractivity contribution in [3.63, 3.8) is 0 Å². The summed E-state index contributed by atoms with van der Waals surface area (Å²) in [6.45, 7) is 2.14. The molecule has 0 spiro atoms. The molecule has 0 saturated carbocycles. The Kier molecular flexibility index (Phi) is 2.54. The first-order chi connectivity index (χ1) is 6.83. The van der Waals surface area contributed by atoms with Gasteiger partial charge in [-0.1, -0.05) is 19.4 Å². The quantitative estimate of drug-likeness (QED) is 0.813. The Morgan fingerprint density at radius 2 is 2.43 bits per heavy atom. The average Bonchev–Trinajstić information content (AvgIpc) is 2.77. The van der Waals surface area contributed by atoms with Crippen LogP contribution in [-0.2, 0) is 6.42 Å². The van der Waals surface area contributed by atoms with E-state index >= 15 is 0 Å². The molecule has 14 heavy (non-hydrogen) atoms. The average molecular weight is 207 g/mol. The predicted molar refractivity (Wildman–Crippen MR) is 60.3 cm³/mol. The summed E-state index contributed by atoms with van der Waals surface area (Å²) in [4.78, 5) is 1.21. The third-order valence-electron chi connectivity index (χ3n) is 2.17. The molecule has 0 saturated heterocycles. The molecule has 0 atom stereocenters. The Bertz CT molecular complexity index is 403. The van der Waals surface area contributed by atoms with Gasteiger partial charge in [-0.2, -0.15) is 5.10 Å². The maximum atomic E-state index is 5.80. The molecule has 0 bridgehead atoms. The first-order valence-corrected chi connectivity index (χ1v) is 5.57. The maximum Gasteiger partial charge on any atom is 0.149 e. The first-order valence-electron chi connectivity index (χ1n) is 4.69. The molecule has 3 N–H and O–H groups in total. The summed E-state index contributed by atoms with van der Waals surface area (Å²) in [7, 11) is 0. The van der Waals surface area contributed by atoms with E-state index in [1.165, 1.54) is 4.88 Å². The lowest BCUT2D eigenvalue weighted by molar-refractivity contribution is 0.927. The lowest BCUT2D eigenvalue weighted by Crippen LogP contribution is -1.91. The van der Waals surface area contributed by atoms with Crippen molar-refractivity contribution >= 4 is 17.2 Å². The van der Waals surface area contributed by atoms with Gasteiger partial charge in [-0.3, -0.25) is 5.10 Å². The van der Waals surface area contributed by atoms with E-state index in [1.54, 1.807) is 11.3 Å². The summed E-state index contributed by atoms with van der Waals surface area (Å²) in [6.07, 6.45) is 2.07. The number of anilines is 1. The zero-order valence-electron chi connectivity index (χ0n) is 8.08. The Morgan fingerprint density at radius 3 is 3.07 bits per heavy atom. The molecule has 74 valence electrons. The highest BCUT2D eigenvalue weighted by Gasteiger charge is 2.11. The fourth-order valence-electron chi connectivity index (χ4n) is 1.51. The van der Waals surface area contributed by atoms with Crippen molar-refractivity contribution < 1.29 is 0 Å². The topological polar surface area (TPSA) is 54.7 Å². The highest BCUT2D eigenvalue weighted by atomic mass is 32.1. The molecule has 2 rings (SSSR count). The van der Waals surface area contributed by atoms with Gasteiger partial charge in [-0.15, -0.1) is 11.3 Å². The third kappa shape index (κ3) is 1.53. The van der Waals surface area contributed by atoms with Crippen LogP contribution in [0.5, 0.6) is 0 Å². The van der Waals surface area contributed by atoms with Crippen LogP contribution < -0.4 is 5.73 Å². The van der Waals surface area contributed by atoms with Gasteiger partial charge in [0.15, 0.2) is 0 Å². The number of nitrogens with zero attached hydrogens (tertiary/aromatic N) is 1. The SMILES string of the molecule is CCCc1c(N)n[nH]c1-c1cccs1. The number of nitrogens with two attached hydrogens (primary N) is 1. The molecule has 0 amide bonds. The fourth-order valence-corrected chi connectivity index (χ4v) is 2.25. The van der Waals surface area contributed by atoms with Crippen molar-refractivity contribution in [2.24, 2.45) is 0 Å². The van der Waals surface area contributed by atoms with E-state index in [9.17, 15) is 0 Å². The molecule has 2 heterocycles. The highest BCUT2D eigenvalue weighted by Crippen LogP contribution is 2.29.